The first-order valence-corrected chi connectivity index (χ1v) is 7.80. The first-order chi connectivity index (χ1) is 12.2. The molecule has 0 nitrogen and oxygen atoms in total. The maximum atomic E-state index is 14.0. The molecule has 0 fully saturated rings. The molecular formula is C22H15F3Ti-6. The molecule has 0 heterocycles. The van der Waals surface area contributed by atoms with Crippen molar-refractivity contribution in [3.05, 3.63) is 108 Å². The fourth-order valence-electron chi connectivity index (χ4n) is 2.61. The van der Waals surface area contributed by atoms with Gasteiger partial charge in [-0.15, -0.1) is 11.1 Å². The Labute approximate surface area is 165 Å². The van der Waals surface area contributed by atoms with Gasteiger partial charge in [0.15, 0.2) is 0 Å². The Morgan fingerprint density at radius 2 is 0.885 bits per heavy atom. The standard InChI is InChI=1S/C17H10F3.C5H5.Ti/c18-15-13(11-7-3-1-4-8-11)14(16(19)17(15)20)12-9-5-2-6-10-12;1-2-4-5-3-1;/h1-10H;1-5H;/q-1;-5;. The van der Waals surface area contributed by atoms with Crippen molar-refractivity contribution in [3.63, 3.8) is 0 Å². The van der Waals surface area contributed by atoms with E-state index in [9.17, 15) is 13.2 Å². The van der Waals surface area contributed by atoms with Crippen molar-refractivity contribution < 1.29 is 34.9 Å². The van der Waals surface area contributed by atoms with E-state index in [1.165, 1.54) is 0 Å². The topological polar surface area (TPSA) is 0 Å². The predicted octanol–water partition coefficient (Wildman–Crippen LogP) is 6.56. The van der Waals surface area contributed by atoms with E-state index in [1.54, 1.807) is 60.7 Å². The third-order valence-electron chi connectivity index (χ3n) is 3.75. The van der Waals surface area contributed by atoms with Gasteiger partial charge >= 0.3 is 0 Å². The van der Waals surface area contributed by atoms with Gasteiger partial charge in [-0.1, -0.05) is 71.8 Å². The Balaban J connectivity index is 0.000000351. The van der Waals surface area contributed by atoms with E-state index in [1.807, 2.05) is 30.3 Å². The van der Waals surface area contributed by atoms with E-state index in [-0.39, 0.29) is 32.8 Å². The van der Waals surface area contributed by atoms with Gasteiger partial charge in [-0.05, 0) is 0 Å². The van der Waals surface area contributed by atoms with Crippen molar-refractivity contribution >= 4 is 0 Å². The predicted molar refractivity (Wildman–Crippen MR) is 94.8 cm³/mol. The first-order valence-electron chi connectivity index (χ1n) is 7.80. The van der Waals surface area contributed by atoms with Crippen LogP contribution in [0.25, 0.3) is 22.3 Å². The van der Waals surface area contributed by atoms with Gasteiger partial charge in [0.1, 0.15) is 0 Å². The quantitative estimate of drug-likeness (QED) is 0.271. The van der Waals surface area contributed by atoms with Crippen LogP contribution < -0.4 is 0 Å². The third-order valence-corrected chi connectivity index (χ3v) is 3.75. The Morgan fingerprint density at radius 1 is 0.577 bits per heavy atom. The van der Waals surface area contributed by atoms with Crippen molar-refractivity contribution in [2.75, 3.05) is 0 Å². The second kappa shape index (κ2) is 9.37. The average Bonchev–Trinajstić information content (AvgIpc) is 3.31. The molecule has 0 saturated carbocycles. The molecule has 4 rings (SSSR count). The first kappa shape index (κ1) is 20.0. The molecule has 0 saturated heterocycles. The molecule has 0 aliphatic carbocycles. The molecule has 0 aliphatic rings. The molecule has 0 radical (unpaired) electrons. The Hall–Kier alpha value is -2.36. The van der Waals surface area contributed by atoms with Crippen LogP contribution in [0.5, 0.6) is 0 Å². The minimum atomic E-state index is -1.43. The molecule has 0 spiro atoms. The van der Waals surface area contributed by atoms with E-state index >= 15 is 0 Å². The zero-order valence-electron chi connectivity index (χ0n) is 13.8. The number of rotatable bonds is 2. The SMILES string of the molecule is Fc1c(-c2ccccc2)c(-c2ccccc2)c(F)[c-]1F.[Ti].[cH-]1[cH-][cH-][cH-][cH-]1. The van der Waals surface area contributed by atoms with Crippen molar-refractivity contribution in [1.29, 1.82) is 0 Å². The van der Waals surface area contributed by atoms with E-state index < -0.39 is 17.5 Å². The summed E-state index contributed by atoms with van der Waals surface area (Å²) in [6, 6.07) is 26.8. The summed E-state index contributed by atoms with van der Waals surface area (Å²) in [6.07, 6.45) is 0. The van der Waals surface area contributed by atoms with Gasteiger partial charge in [-0.2, -0.15) is 0 Å². The normalized spacial score (nSPS) is 9.81. The molecule has 4 aromatic rings. The fourth-order valence-corrected chi connectivity index (χ4v) is 2.61. The van der Waals surface area contributed by atoms with Crippen molar-refractivity contribution in [2.24, 2.45) is 0 Å². The largest absolute Gasteiger partial charge is 0.748 e. The van der Waals surface area contributed by atoms with Gasteiger partial charge in [-0.25, -0.2) is 8.78 Å². The minimum Gasteiger partial charge on any atom is -0.748 e. The second-order valence-corrected chi connectivity index (χ2v) is 5.39. The van der Waals surface area contributed by atoms with Crippen LogP contribution in [0.4, 0.5) is 13.2 Å². The van der Waals surface area contributed by atoms with Crippen molar-refractivity contribution in [2.45, 2.75) is 0 Å². The summed E-state index contributed by atoms with van der Waals surface area (Å²) in [4.78, 5) is 0. The van der Waals surface area contributed by atoms with Gasteiger partial charge in [0.25, 0.3) is 0 Å². The maximum absolute atomic E-state index is 14.0. The van der Waals surface area contributed by atoms with Crippen LogP contribution in [-0.2, 0) is 21.7 Å². The Bertz CT molecular complexity index is 831. The average molecular weight is 384 g/mol. The van der Waals surface area contributed by atoms with Crippen molar-refractivity contribution in [3.8, 4) is 22.3 Å². The van der Waals surface area contributed by atoms with Crippen molar-refractivity contribution in [1.82, 2.24) is 0 Å². The minimum absolute atomic E-state index is 0. The van der Waals surface area contributed by atoms with Crippen LogP contribution in [0.1, 0.15) is 0 Å². The smallest absolute Gasteiger partial charge is 0.0778 e. The molecule has 0 aliphatic heterocycles. The van der Waals surface area contributed by atoms with Gasteiger partial charge in [0, 0.05) is 33.4 Å². The van der Waals surface area contributed by atoms with Gasteiger partial charge < -0.3 is 30.3 Å². The number of benzene rings is 2. The summed E-state index contributed by atoms with van der Waals surface area (Å²) in [5.41, 5.74) is 0.830. The molecule has 4 heteroatoms. The molecule has 0 bridgehead atoms. The zero-order chi connectivity index (χ0) is 17.6. The third kappa shape index (κ3) is 4.24. The summed E-state index contributed by atoms with van der Waals surface area (Å²) >= 11 is 0. The Kier molecular flexibility index (Phi) is 7.20. The van der Waals surface area contributed by atoms with Gasteiger partial charge in [0.2, 0.25) is 0 Å². The van der Waals surface area contributed by atoms with Crippen LogP contribution in [-0.4, -0.2) is 0 Å². The summed E-state index contributed by atoms with van der Waals surface area (Å²) in [5.74, 6) is -3.72. The molecule has 0 aromatic heterocycles. The summed E-state index contributed by atoms with van der Waals surface area (Å²) in [6.45, 7) is 0. The van der Waals surface area contributed by atoms with Crippen LogP contribution in [0.3, 0.4) is 0 Å². The summed E-state index contributed by atoms with van der Waals surface area (Å²) < 4.78 is 41.7. The van der Waals surface area contributed by atoms with Crippen LogP contribution in [0, 0.1) is 17.5 Å². The molecule has 4 aromatic carbocycles. The molecule has 0 amide bonds. The molecule has 134 valence electrons. The number of hydrogen-bond acceptors (Lipinski definition) is 0. The molecule has 0 atom stereocenters. The molecule has 0 N–H and O–H groups in total. The van der Waals surface area contributed by atoms with Crippen LogP contribution in [0.15, 0.2) is 91.0 Å². The van der Waals surface area contributed by atoms with E-state index in [2.05, 4.69) is 0 Å². The van der Waals surface area contributed by atoms with E-state index in [4.69, 9.17) is 0 Å². The fraction of sp³-hybridized carbons (Fsp3) is 0. The zero-order valence-corrected chi connectivity index (χ0v) is 15.4. The molecule has 0 unspecified atom stereocenters. The number of halogens is 3. The summed E-state index contributed by atoms with van der Waals surface area (Å²) in [5, 5.41) is 0. The summed E-state index contributed by atoms with van der Waals surface area (Å²) in [7, 11) is 0. The van der Waals surface area contributed by atoms with Gasteiger partial charge in [0.05, 0.1) is 5.82 Å². The second-order valence-electron chi connectivity index (χ2n) is 5.39. The van der Waals surface area contributed by atoms with Crippen LogP contribution >= 0.6 is 0 Å². The molecular weight excluding hydrogens is 369 g/mol. The van der Waals surface area contributed by atoms with E-state index in [0.29, 0.717) is 11.1 Å². The Morgan fingerprint density at radius 3 is 1.19 bits per heavy atom. The van der Waals surface area contributed by atoms with Gasteiger partial charge in [-0.3, -0.25) is 4.39 Å². The molecule has 26 heavy (non-hydrogen) atoms. The maximum Gasteiger partial charge on any atom is 0.0778 e. The number of hydrogen-bond donors (Lipinski definition) is 0. The monoisotopic (exact) mass is 384 g/mol. The van der Waals surface area contributed by atoms with E-state index in [0.717, 1.165) is 0 Å². The van der Waals surface area contributed by atoms with Crippen LogP contribution in [0.2, 0.25) is 0 Å².